The summed E-state index contributed by atoms with van der Waals surface area (Å²) in [6.07, 6.45) is 0.430. The van der Waals surface area contributed by atoms with E-state index in [1.54, 1.807) is 6.92 Å². The maximum atomic E-state index is 12.1. The largest absolute Gasteiger partial charge is 0.351 e. The molecule has 1 heterocycles. The van der Waals surface area contributed by atoms with Crippen molar-refractivity contribution in [2.45, 2.75) is 39.3 Å². The van der Waals surface area contributed by atoms with E-state index in [4.69, 9.17) is 5.73 Å². The SMILES string of the molecule is CCN(CC(=O)NC1CCS(=O)(=O)C1)C(=O)[C@@H](N)C(C)C.Cl. The number of sulfone groups is 1. The van der Waals surface area contributed by atoms with E-state index in [0.717, 1.165) is 0 Å². The Kier molecular flexibility index (Phi) is 8.35. The van der Waals surface area contributed by atoms with E-state index in [1.807, 2.05) is 13.8 Å². The number of carbonyl (C=O) groups excluding carboxylic acids is 2. The minimum absolute atomic E-state index is 0. The molecule has 3 N–H and O–H groups in total. The predicted octanol–water partition coefficient (Wildman–Crippen LogP) is -0.457. The van der Waals surface area contributed by atoms with Crippen molar-refractivity contribution in [3.05, 3.63) is 0 Å². The Balaban J connectivity index is 0.00000441. The second kappa shape index (κ2) is 8.69. The molecule has 2 atom stereocenters. The number of nitrogens with two attached hydrogens (primary N) is 1. The summed E-state index contributed by atoms with van der Waals surface area (Å²) < 4.78 is 22.7. The summed E-state index contributed by atoms with van der Waals surface area (Å²) >= 11 is 0. The van der Waals surface area contributed by atoms with Crippen molar-refractivity contribution < 1.29 is 18.0 Å². The highest BCUT2D eigenvalue weighted by atomic mass is 35.5. The molecule has 1 unspecified atom stereocenters. The first-order valence-corrected chi connectivity index (χ1v) is 9.02. The molecule has 22 heavy (non-hydrogen) atoms. The standard InChI is InChI=1S/C13H25N3O4S.ClH/c1-4-16(13(18)12(14)9(2)3)7-11(17)15-10-5-6-21(19,20)8-10;/h9-10,12H,4-8,14H2,1-3H3,(H,15,17);1H/t10?,12-;/m0./s1. The molecular formula is C13H26ClN3O4S. The molecule has 7 nitrogen and oxygen atoms in total. The van der Waals surface area contributed by atoms with E-state index in [2.05, 4.69) is 5.32 Å². The number of rotatable bonds is 6. The highest BCUT2D eigenvalue weighted by Crippen LogP contribution is 2.11. The number of nitrogens with one attached hydrogen (secondary N) is 1. The number of nitrogens with zero attached hydrogens (tertiary/aromatic N) is 1. The van der Waals surface area contributed by atoms with Gasteiger partial charge in [-0.1, -0.05) is 13.8 Å². The van der Waals surface area contributed by atoms with Gasteiger partial charge < -0.3 is 16.0 Å². The zero-order valence-electron chi connectivity index (χ0n) is 13.2. The molecule has 1 fully saturated rings. The average Bonchev–Trinajstić information content (AvgIpc) is 2.73. The van der Waals surface area contributed by atoms with Crippen LogP contribution >= 0.6 is 12.4 Å². The van der Waals surface area contributed by atoms with Crippen molar-refractivity contribution in [1.29, 1.82) is 0 Å². The number of carbonyl (C=O) groups is 2. The summed E-state index contributed by atoms with van der Waals surface area (Å²) in [5.41, 5.74) is 5.81. The highest BCUT2D eigenvalue weighted by Gasteiger charge is 2.30. The van der Waals surface area contributed by atoms with Crippen molar-refractivity contribution in [2.75, 3.05) is 24.6 Å². The third-order valence-corrected chi connectivity index (χ3v) is 5.40. The van der Waals surface area contributed by atoms with Crippen molar-refractivity contribution >= 4 is 34.1 Å². The van der Waals surface area contributed by atoms with Crippen LogP contribution in [-0.2, 0) is 19.4 Å². The Labute approximate surface area is 138 Å². The van der Waals surface area contributed by atoms with E-state index < -0.39 is 15.9 Å². The van der Waals surface area contributed by atoms with Gasteiger partial charge in [0.15, 0.2) is 9.84 Å². The summed E-state index contributed by atoms with van der Waals surface area (Å²) in [6.45, 7) is 5.76. The number of amides is 2. The van der Waals surface area contributed by atoms with E-state index in [0.29, 0.717) is 13.0 Å². The van der Waals surface area contributed by atoms with Crippen LogP contribution in [0.1, 0.15) is 27.2 Å². The number of hydrogen-bond donors (Lipinski definition) is 2. The van der Waals surface area contributed by atoms with Crippen LogP contribution in [0.4, 0.5) is 0 Å². The van der Waals surface area contributed by atoms with Gasteiger partial charge in [0.1, 0.15) is 0 Å². The molecule has 1 rings (SSSR count). The van der Waals surface area contributed by atoms with Crippen LogP contribution in [0.3, 0.4) is 0 Å². The summed E-state index contributed by atoms with van der Waals surface area (Å²) in [6, 6.07) is -0.986. The van der Waals surface area contributed by atoms with Crippen molar-refractivity contribution in [3.63, 3.8) is 0 Å². The lowest BCUT2D eigenvalue weighted by Crippen LogP contribution is -2.50. The summed E-state index contributed by atoms with van der Waals surface area (Å²) in [5.74, 6) is -0.531. The second-order valence-corrected chi connectivity index (χ2v) is 8.02. The van der Waals surface area contributed by atoms with Crippen LogP contribution in [0.2, 0.25) is 0 Å². The maximum Gasteiger partial charge on any atom is 0.240 e. The van der Waals surface area contributed by atoms with Gasteiger partial charge in [-0.2, -0.15) is 0 Å². The Bertz CT molecular complexity index is 496. The third-order valence-electron chi connectivity index (χ3n) is 3.63. The van der Waals surface area contributed by atoms with E-state index >= 15 is 0 Å². The van der Waals surface area contributed by atoms with Crippen LogP contribution in [0.15, 0.2) is 0 Å². The Morgan fingerprint density at radius 2 is 1.95 bits per heavy atom. The van der Waals surface area contributed by atoms with Crippen LogP contribution < -0.4 is 11.1 Å². The lowest BCUT2D eigenvalue weighted by Gasteiger charge is -2.26. The minimum atomic E-state index is -3.03. The van der Waals surface area contributed by atoms with Gasteiger partial charge in [-0.3, -0.25) is 9.59 Å². The maximum absolute atomic E-state index is 12.1. The van der Waals surface area contributed by atoms with Crippen LogP contribution in [0, 0.1) is 5.92 Å². The molecule has 0 saturated carbocycles. The minimum Gasteiger partial charge on any atom is -0.351 e. The number of likely N-dealkylation sites (N-methyl/N-ethyl adjacent to an activating group) is 1. The number of hydrogen-bond acceptors (Lipinski definition) is 5. The zero-order valence-corrected chi connectivity index (χ0v) is 14.9. The number of halogens is 1. The Morgan fingerprint density at radius 1 is 1.36 bits per heavy atom. The molecule has 2 amide bonds. The average molecular weight is 356 g/mol. The molecule has 1 saturated heterocycles. The second-order valence-electron chi connectivity index (χ2n) is 5.79. The van der Waals surface area contributed by atoms with E-state index in [-0.39, 0.29) is 54.2 Å². The summed E-state index contributed by atoms with van der Waals surface area (Å²) in [4.78, 5) is 25.4. The van der Waals surface area contributed by atoms with E-state index in [9.17, 15) is 18.0 Å². The first kappa shape index (κ1) is 21.1. The topological polar surface area (TPSA) is 110 Å². The van der Waals surface area contributed by atoms with Gasteiger partial charge >= 0.3 is 0 Å². The predicted molar refractivity (Wildman–Crippen MR) is 87.5 cm³/mol. The third kappa shape index (κ3) is 6.10. The van der Waals surface area contributed by atoms with Gasteiger partial charge in [0.05, 0.1) is 24.1 Å². The normalized spacial score (nSPS) is 21.0. The summed E-state index contributed by atoms with van der Waals surface area (Å²) in [7, 11) is -3.03. The fourth-order valence-electron chi connectivity index (χ4n) is 2.20. The molecule has 0 aromatic rings. The first-order valence-electron chi connectivity index (χ1n) is 7.20. The van der Waals surface area contributed by atoms with Crippen molar-refractivity contribution in [2.24, 2.45) is 11.7 Å². The fourth-order valence-corrected chi connectivity index (χ4v) is 3.87. The van der Waals surface area contributed by atoms with Crippen LogP contribution in [-0.4, -0.2) is 61.8 Å². The molecule has 0 aromatic carbocycles. The molecule has 0 aliphatic carbocycles. The van der Waals surface area contributed by atoms with Gasteiger partial charge in [-0.15, -0.1) is 12.4 Å². The lowest BCUT2D eigenvalue weighted by atomic mass is 10.0. The Hall–Kier alpha value is -0.860. The molecule has 9 heteroatoms. The molecule has 130 valence electrons. The fraction of sp³-hybridized carbons (Fsp3) is 0.846. The monoisotopic (exact) mass is 355 g/mol. The van der Waals surface area contributed by atoms with E-state index in [1.165, 1.54) is 4.90 Å². The van der Waals surface area contributed by atoms with Gasteiger partial charge in [0.2, 0.25) is 11.8 Å². The van der Waals surface area contributed by atoms with Crippen LogP contribution in [0.5, 0.6) is 0 Å². The molecule has 0 spiro atoms. The lowest BCUT2D eigenvalue weighted by molar-refractivity contribution is -0.137. The van der Waals surface area contributed by atoms with Gasteiger partial charge in [-0.25, -0.2) is 8.42 Å². The molecule has 1 aliphatic heterocycles. The molecule has 1 aliphatic rings. The van der Waals surface area contributed by atoms with Gasteiger partial charge in [-0.05, 0) is 19.3 Å². The highest BCUT2D eigenvalue weighted by molar-refractivity contribution is 7.91. The smallest absolute Gasteiger partial charge is 0.240 e. The molecular weight excluding hydrogens is 330 g/mol. The molecule has 0 radical (unpaired) electrons. The first-order chi connectivity index (χ1) is 9.66. The van der Waals surface area contributed by atoms with Crippen molar-refractivity contribution in [3.8, 4) is 0 Å². The Morgan fingerprint density at radius 3 is 2.36 bits per heavy atom. The van der Waals surface area contributed by atoms with Crippen molar-refractivity contribution in [1.82, 2.24) is 10.2 Å². The van der Waals surface area contributed by atoms with Gasteiger partial charge in [0, 0.05) is 12.6 Å². The van der Waals surface area contributed by atoms with Gasteiger partial charge in [0.25, 0.3) is 0 Å². The quantitative estimate of drug-likeness (QED) is 0.670. The summed E-state index contributed by atoms with van der Waals surface area (Å²) in [5, 5.41) is 2.67. The molecule has 0 aromatic heterocycles. The molecule has 0 bridgehead atoms. The van der Waals surface area contributed by atoms with Crippen LogP contribution in [0.25, 0.3) is 0 Å². The zero-order chi connectivity index (χ0) is 16.2.